The van der Waals surface area contributed by atoms with Gasteiger partial charge in [-0.15, -0.1) is 0 Å². The number of halogens is 12. The van der Waals surface area contributed by atoms with Crippen LogP contribution in [-0.4, -0.2) is 45.9 Å². The second-order valence-electron chi connectivity index (χ2n) is 10.9. The van der Waals surface area contributed by atoms with Crippen LogP contribution in [-0.2, 0) is 22.6 Å². The second-order valence-corrected chi connectivity index (χ2v) is 11.7. The fourth-order valence-corrected chi connectivity index (χ4v) is 4.87. The number of alkyl halides is 6. The van der Waals surface area contributed by atoms with Crippen molar-refractivity contribution in [2.45, 2.75) is 38.7 Å². The molecule has 56 heavy (non-hydrogen) atoms. The number of nitrogens with zero attached hydrogens (tertiary/aromatic N) is 3. The molecule has 0 unspecified atom stereocenters. The van der Waals surface area contributed by atoms with Gasteiger partial charge in [0.25, 0.3) is 5.56 Å². The molecular weight excluding hydrogens is 817 g/mol. The lowest BCUT2D eigenvalue weighted by atomic mass is 10.0. The molecular formula is C34H26Cl2F10N6O4. The molecule has 22 heteroatoms. The molecule has 0 saturated heterocycles. The third kappa shape index (κ3) is 13.2. The van der Waals surface area contributed by atoms with E-state index >= 15 is 0 Å². The quantitative estimate of drug-likeness (QED) is 0.0631. The molecule has 0 aliphatic carbocycles. The highest BCUT2D eigenvalue weighted by Crippen LogP contribution is 2.31. The Morgan fingerprint density at radius 2 is 1.39 bits per heavy atom. The average molecular weight is 844 g/mol. The molecule has 0 aliphatic rings. The van der Waals surface area contributed by atoms with Crippen molar-refractivity contribution >= 4 is 63.6 Å². The molecule has 0 atom stereocenters. The molecule has 0 radical (unpaired) electrons. The molecule has 0 bridgehead atoms. The zero-order valence-electron chi connectivity index (χ0n) is 28.3. The van der Waals surface area contributed by atoms with Crippen molar-refractivity contribution in [2.24, 2.45) is 0 Å². The lowest BCUT2D eigenvalue weighted by Crippen LogP contribution is -2.29. The molecule has 5 rings (SSSR count). The molecule has 0 fully saturated rings. The standard InChI is InChI=1S/C16H9ClF5N3O.C9H11F2N.C8H6ClF3N2O.CO2/c17-12-4-11-7(5-24-12)3-8(15(26)25(11)6-16(20,21)22)13-9(18)1-2-10(23)14(13)19;1-2-3-6-7(10)4-5-8(12)9(6)11;9-7-1-6(5(3-15)2-13-7)14-4-8(10,11)12;2-1-3/h1-5H,6,23H2;4-5H,2-3,12H2,1H3;1-3H,4H2,(H,13,14);. The summed E-state index contributed by atoms with van der Waals surface area (Å²) in [6.45, 7) is -1.03. The maximum Gasteiger partial charge on any atom is 0.406 e. The Labute approximate surface area is 319 Å². The zero-order valence-corrected chi connectivity index (χ0v) is 29.8. The fraction of sp³-hybridized carbons (Fsp3) is 0.206. The van der Waals surface area contributed by atoms with Gasteiger partial charge in [-0.3, -0.25) is 14.2 Å². The maximum atomic E-state index is 14.3. The smallest absolute Gasteiger partial charge is 0.396 e. The van der Waals surface area contributed by atoms with Gasteiger partial charge < -0.3 is 16.8 Å². The minimum absolute atomic E-state index is 0.0138. The summed E-state index contributed by atoms with van der Waals surface area (Å²) in [5, 5.41) is 2.00. The summed E-state index contributed by atoms with van der Waals surface area (Å²) in [6.07, 6.45) is -5.14. The largest absolute Gasteiger partial charge is 0.406 e. The van der Waals surface area contributed by atoms with Gasteiger partial charge in [0.2, 0.25) is 0 Å². The first-order valence-corrected chi connectivity index (χ1v) is 16.0. The predicted octanol–water partition coefficient (Wildman–Crippen LogP) is 8.58. The van der Waals surface area contributed by atoms with Crippen molar-refractivity contribution in [2.75, 3.05) is 23.3 Å². The first-order chi connectivity index (χ1) is 26.1. The van der Waals surface area contributed by atoms with Crippen LogP contribution in [0.25, 0.3) is 22.0 Å². The van der Waals surface area contributed by atoms with Crippen molar-refractivity contribution < 1.29 is 58.3 Å². The SMILES string of the molecule is CCCc1c(F)ccc(N)c1F.Nc1ccc(F)c(-c2cc3cnc(Cl)cc3n(CC(F)(F)F)c2=O)c1F.O=C=O.O=Cc1cnc(Cl)cc1NCC(F)(F)F. The highest BCUT2D eigenvalue weighted by atomic mass is 35.5. The van der Waals surface area contributed by atoms with Crippen molar-refractivity contribution in [1.82, 2.24) is 14.5 Å². The number of anilines is 3. The molecule has 10 nitrogen and oxygen atoms in total. The molecule has 3 aromatic heterocycles. The van der Waals surface area contributed by atoms with E-state index in [4.69, 9.17) is 44.3 Å². The van der Waals surface area contributed by atoms with Gasteiger partial charge in [0, 0.05) is 29.0 Å². The van der Waals surface area contributed by atoms with Crippen LogP contribution >= 0.6 is 23.2 Å². The average Bonchev–Trinajstić information content (AvgIpc) is 3.11. The lowest BCUT2D eigenvalue weighted by molar-refractivity contribution is -0.191. The molecule has 300 valence electrons. The number of nitrogen functional groups attached to an aromatic ring is 2. The Hall–Kier alpha value is -5.72. The number of fused-ring (bicyclic) bond motifs is 1. The van der Waals surface area contributed by atoms with Gasteiger partial charge in [0.15, 0.2) is 17.9 Å². The fourth-order valence-electron chi connectivity index (χ4n) is 4.56. The Morgan fingerprint density at radius 3 is 1.95 bits per heavy atom. The number of nitrogens with one attached hydrogen (secondary N) is 1. The van der Waals surface area contributed by atoms with E-state index in [9.17, 15) is 53.5 Å². The van der Waals surface area contributed by atoms with Gasteiger partial charge in [0.1, 0.15) is 35.0 Å². The van der Waals surface area contributed by atoms with Crippen LogP contribution in [0.5, 0.6) is 0 Å². The molecule has 0 amide bonds. The maximum absolute atomic E-state index is 14.3. The van der Waals surface area contributed by atoms with E-state index in [1.807, 2.05) is 6.92 Å². The van der Waals surface area contributed by atoms with E-state index in [1.54, 1.807) is 0 Å². The second kappa shape index (κ2) is 20.3. The monoisotopic (exact) mass is 842 g/mol. The summed E-state index contributed by atoms with van der Waals surface area (Å²) in [5.41, 5.74) is 7.57. The summed E-state index contributed by atoms with van der Waals surface area (Å²) in [4.78, 5) is 46.6. The van der Waals surface area contributed by atoms with Crippen molar-refractivity contribution in [3.05, 3.63) is 110 Å². The molecule has 0 saturated carbocycles. The number of hydrogen-bond acceptors (Lipinski definition) is 9. The number of pyridine rings is 3. The highest BCUT2D eigenvalue weighted by molar-refractivity contribution is 6.30. The van der Waals surface area contributed by atoms with Crippen molar-refractivity contribution in [3.8, 4) is 11.1 Å². The summed E-state index contributed by atoms with van der Waals surface area (Å²) in [7, 11) is 0. The zero-order chi connectivity index (χ0) is 42.5. The summed E-state index contributed by atoms with van der Waals surface area (Å²) >= 11 is 11.2. The van der Waals surface area contributed by atoms with E-state index in [0.717, 1.165) is 42.7 Å². The van der Waals surface area contributed by atoms with Crippen LogP contribution in [0, 0.1) is 23.3 Å². The molecule has 5 aromatic rings. The topological polar surface area (TPSA) is 163 Å². The van der Waals surface area contributed by atoms with Crippen LogP contribution in [0.1, 0.15) is 29.3 Å². The molecule has 3 heterocycles. The number of benzene rings is 2. The van der Waals surface area contributed by atoms with Crippen molar-refractivity contribution in [1.29, 1.82) is 0 Å². The van der Waals surface area contributed by atoms with Crippen LogP contribution in [0.3, 0.4) is 0 Å². The van der Waals surface area contributed by atoms with Gasteiger partial charge in [0.05, 0.1) is 33.6 Å². The predicted molar refractivity (Wildman–Crippen MR) is 186 cm³/mol. The van der Waals surface area contributed by atoms with Crippen LogP contribution in [0.15, 0.2) is 59.7 Å². The number of carbonyl (C=O) groups is 1. The first kappa shape index (κ1) is 46.4. The molecule has 0 aliphatic heterocycles. The first-order valence-electron chi connectivity index (χ1n) is 15.2. The van der Waals surface area contributed by atoms with Crippen LogP contribution in [0.4, 0.5) is 61.0 Å². The number of nitrogens with two attached hydrogens (primary N) is 2. The summed E-state index contributed by atoms with van der Waals surface area (Å²) in [5.74, 6) is -3.49. The summed E-state index contributed by atoms with van der Waals surface area (Å²) < 4.78 is 129. The highest BCUT2D eigenvalue weighted by Gasteiger charge is 2.31. The number of hydrogen-bond donors (Lipinski definition) is 3. The Bertz CT molecular complexity index is 2270. The number of rotatable bonds is 7. The van der Waals surface area contributed by atoms with E-state index in [0.29, 0.717) is 23.7 Å². The Balaban J connectivity index is 0.000000306. The van der Waals surface area contributed by atoms with Crippen LogP contribution in [0.2, 0.25) is 10.3 Å². The number of carbonyl (C=O) groups excluding carboxylic acids is 3. The number of aldehydes is 1. The third-order valence-electron chi connectivity index (χ3n) is 6.90. The van der Waals surface area contributed by atoms with Gasteiger partial charge >= 0.3 is 18.5 Å². The normalized spacial score (nSPS) is 10.9. The van der Waals surface area contributed by atoms with Gasteiger partial charge in [-0.05, 0) is 48.9 Å². The minimum Gasteiger partial charge on any atom is -0.396 e. The van der Waals surface area contributed by atoms with Crippen molar-refractivity contribution in [3.63, 3.8) is 0 Å². The van der Waals surface area contributed by atoms with E-state index in [2.05, 4.69) is 15.3 Å². The van der Waals surface area contributed by atoms with Crippen LogP contribution < -0.4 is 22.3 Å². The van der Waals surface area contributed by atoms with E-state index in [-0.39, 0.29) is 49.9 Å². The van der Waals surface area contributed by atoms with E-state index in [1.165, 1.54) is 12.1 Å². The Morgan fingerprint density at radius 1 is 0.839 bits per heavy atom. The van der Waals surface area contributed by atoms with Gasteiger partial charge in [-0.25, -0.2) is 27.5 Å². The minimum atomic E-state index is -4.75. The van der Waals surface area contributed by atoms with Gasteiger partial charge in [-0.2, -0.15) is 35.9 Å². The lowest BCUT2D eigenvalue weighted by Gasteiger charge is -2.16. The molecule has 5 N–H and O–H groups in total. The Kier molecular flexibility index (Phi) is 16.8. The van der Waals surface area contributed by atoms with E-state index < -0.39 is 71.1 Å². The summed E-state index contributed by atoms with van der Waals surface area (Å²) in [6, 6.07) is 7.50. The van der Waals surface area contributed by atoms with Gasteiger partial charge in [-0.1, -0.05) is 36.5 Å². The third-order valence-corrected chi connectivity index (χ3v) is 7.31. The molecule has 2 aromatic carbocycles. The number of aromatic nitrogens is 3. The molecule has 0 spiro atoms.